The Hall–Kier alpha value is -0.630. The zero-order valence-corrected chi connectivity index (χ0v) is 10.2. The third-order valence-electron chi connectivity index (χ3n) is 2.01. The van der Waals surface area contributed by atoms with Crippen LogP contribution in [0.15, 0.2) is 16.8 Å². The molecule has 0 unspecified atom stereocenters. The summed E-state index contributed by atoms with van der Waals surface area (Å²) < 4.78 is 0. The fourth-order valence-corrected chi connectivity index (χ4v) is 1.23. The highest BCUT2D eigenvalue weighted by Gasteiger charge is 2.00. The zero-order valence-electron chi connectivity index (χ0n) is 10.2. The molecule has 0 saturated carbocycles. The Bertz CT molecular complexity index is 202. The molecule has 0 aliphatic heterocycles. The van der Waals surface area contributed by atoms with Crippen LogP contribution in [0, 0.1) is 5.92 Å². The van der Waals surface area contributed by atoms with Gasteiger partial charge >= 0.3 is 0 Å². The number of allylic oxidation sites excluding steroid dienone is 2. The van der Waals surface area contributed by atoms with E-state index in [1.165, 1.54) is 17.8 Å². The molecule has 0 aliphatic rings. The van der Waals surface area contributed by atoms with Crippen molar-refractivity contribution in [2.24, 2.45) is 10.9 Å². The second-order valence-electron chi connectivity index (χ2n) is 3.89. The minimum atomic E-state index is 0.515. The maximum atomic E-state index is 4.58. The quantitative estimate of drug-likeness (QED) is 0.512. The first-order valence-electron chi connectivity index (χ1n) is 5.52. The Morgan fingerprint density at radius 3 is 2.50 bits per heavy atom. The second-order valence-corrected chi connectivity index (χ2v) is 3.89. The van der Waals surface area contributed by atoms with Gasteiger partial charge < -0.3 is 5.32 Å². The maximum absolute atomic E-state index is 4.58. The average Bonchev–Trinajstić information content (AvgIpc) is 2.14. The molecule has 1 N–H and O–H groups in total. The number of nitrogens with one attached hydrogen (secondary N) is 1. The zero-order chi connectivity index (χ0) is 11.0. The fraction of sp³-hybridized carbons (Fsp3) is 0.750. The molecule has 0 aromatic heterocycles. The Kier molecular flexibility index (Phi) is 7.40. The largest absolute Gasteiger partial charge is 0.311 e. The van der Waals surface area contributed by atoms with Crippen molar-refractivity contribution in [3.05, 3.63) is 11.8 Å². The summed E-state index contributed by atoms with van der Waals surface area (Å²) in [5.74, 6) is 0.515. The number of rotatable bonds is 6. The van der Waals surface area contributed by atoms with Crippen molar-refractivity contribution in [3.8, 4) is 0 Å². The molecule has 82 valence electrons. The summed E-state index contributed by atoms with van der Waals surface area (Å²) in [6.07, 6.45) is 3.27. The van der Waals surface area contributed by atoms with Crippen molar-refractivity contribution in [2.45, 2.75) is 41.0 Å². The molecule has 14 heavy (non-hydrogen) atoms. The number of hydrogen-bond donors (Lipinski definition) is 1. The van der Waals surface area contributed by atoms with E-state index in [9.17, 15) is 0 Å². The summed E-state index contributed by atoms with van der Waals surface area (Å²) in [6.45, 7) is 12.6. The second kappa shape index (κ2) is 7.74. The Balaban J connectivity index is 4.07. The summed E-state index contributed by atoms with van der Waals surface area (Å²) in [4.78, 5) is 4.58. The van der Waals surface area contributed by atoms with Gasteiger partial charge in [0.2, 0.25) is 0 Å². The van der Waals surface area contributed by atoms with Gasteiger partial charge in [-0.3, -0.25) is 4.99 Å². The van der Waals surface area contributed by atoms with Crippen molar-refractivity contribution >= 4 is 5.71 Å². The van der Waals surface area contributed by atoms with Crippen LogP contribution < -0.4 is 5.32 Å². The highest BCUT2D eigenvalue weighted by Crippen LogP contribution is 2.10. The third-order valence-corrected chi connectivity index (χ3v) is 2.01. The number of hydrogen-bond acceptors (Lipinski definition) is 2. The fourth-order valence-electron chi connectivity index (χ4n) is 1.23. The number of nitrogens with zero attached hydrogens (tertiary/aromatic N) is 1. The molecule has 0 aromatic rings. The predicted octanol–water partition coefficient (Wildman–Crippen LogP) is 3.01. The van der Waals surface area contributed by atoms with Crippen molar-refractivity contribution in [1.29, 1.82) is 0 Å². The van der Waals surface area contributed by atoms with Crippen LogP contribution in [0.25, 0.3) is 0 Å². The molecule has 0 heterocycles. The van der Waals surface area contributed by atoms with Gasteiger partial charge in [0.05, 0.1) is 0 Å². The first-order chi connectivity index (χ1) is 6.61. The van der Waals surface area contributed by atoms with Crippen LogP contribution in [0.3, 0.4) is 0 Å². The van der Waals surface area contributed by atoms with Gasteiger partial charge in [-0.1, -0.05) is 26.8 Å². The highest BCUT2D eigenvalue weighted by atomic mass is 14.9. The summed E-state index contributed by atoms with van der Waals surface area (Å²) in [7, 11) is 0. The highest BCUT2D eigenvalue weighted by molar-refractivity contribution is 5.84. The van der Waals surface area contributed by atoms with Crippen LogP contribution >= 0.6 is 0 Å². The molecule has 0 atom stereocenters. The summed E-state index contributed by atoms with van der Waals surface area (Å²) in [5, 5.41) is 3.35. The SMILES string of the molecule is C/C=C(\N=C(/C)CNCCC)C(C)C. The van der Waals surface area contributed by atoms with E-state index < -0.39 is 0 Å². The Morgan fingerprint density at radius 1 is 1.43 bits per heavy atom. The minimum absolute atomic E-state index is 0.515. The van der Waals surface area contributed by atoms with E-state index in [1.807, 2.05) is 6.92 Å². The van der Waals surface area contributed by atoms with E-state index in [2.05, 4.69) is 44.1 Å². The molecule has 0 radical (unpaired) electrons. The standard InChI is InChI=1S/C12H24N2/c1-6-8-13-9-11(5)14-12(7-2)10(3)4/h7,10,13H,6,8-9H2,1-5H3/b12-7-,14-11+. The molecule has 2 heteroatoms. The smallest absolute Gasteiger partial charge is 0.0386 e. The van der Waals surface area contributed by atoms with Crippen LogP contribution in [0.4, 0.5) is 0 Å². The lowest BCUT2D eigenvalue weighted by Gasteiger charge is -2.08. The normalized spacial score (nSPS) is 13.9. The van der Waals surface area contributed by atoms with Crippen LogP contribution in [-0.4, -0.2) is 18.8 Å². The van der Waals surface area contributed by atoms with Crippen LogP contribution in [0.1, 0.15) is 41.0 Å². The van der Waals surface area contributed by atoms with Gasteiger partial charge in [0.25, 0.3) is 0 Å². The van der Waals surface area contributed by atoms with Crippen LogP contribution in [0.2, 0.25) is 0 Å². The molecule has 0 saturated heterocycles. The third kappa shape index (κ3) is 5.92. The van der Waals surface area contributed by atoms with Crippen molar-refractivity contribution < 1.29 is 0 Å². The first-order valence-corrected chi connectivity index (χ1v) is 5.52. The minimum Gasteiger partial charge on any atom is -0.311 e. The molecule has 0 bridgehead atoms. The van der Waals surface area contributed by atoms with E-state index in [0.29, 0.717) is 5.92 Å². The van der Waals surface area contributed by atoms with Crippen LogP contribution in [-0.2, 0) is 0 Å². The topological polar surface area (TPSA) is 24.4 Å². The molecule has 0 amide bonds. The van der Waals surface area contributed by atoms with Crippen molar-refractivity contribution in [3.63, 3.8) is 0 Å². The Morgan fingerprint density at radius 2 is 2.07 bits per heavy atom. The van der Waals surface area contributed by atoms with Crippen LogP contribution in [0.5, 0.6) is 0 Å². The Labute approximate surface area is 88.5 Å². The van der Waals surface area contributed by atoms with E-state index >= 15 is 0 Å². The van der Waals surface area contributed by atoms with E-state index in [-0.39, 0.29) is 0 Å². The van der Waals surface area contributed by atoms with Gasteiger partial charge in [-0.2, -0.15) is 0 Å². The van der Waals surface area contributed by atoms with Crippen molar-refractivity contribution in [1.82, 2.24) is 5.32 Å². The van der Waals surface area contributed by atoms with Gasteiger partial charge in [-0.05, 0) is 32.7 Å². The summed E-state index contributed by atoms with van der Waals surface area (Å²) in [5.41, 5.74) is 2.35. The lowest BCUT2D eigenvalue weighted by molar-refractivity contribution is 0.731. The van der Waals surface area contributed by atoms with Gasteiger partial charge in [0.1, 0.15) is 0 Å². The van der Waals surface area contributed by atoms with E-state index in [4.69, 9.17) is 0 Å². The monoisotopic (exact) mass is 196 g/mol. The lowest BCUT2D eigenvalue weighted by Crippen LogP contribution is -2.22. The van der Waals surface area contributed by atoms with E-state index in [1.54, 1.807) is 0 Å². The molecule has 0 aromatic carbocycles. The molecular formula is C12H24N2. The molecule has 0 fully saturated rings. The van der Waals surface area contributed by atoms with Crippen molar-refractivity contribution in [2.75, 3.05) is 13.1 Å². The predicted molar refractivity (Wildman–Crippen MR) is 64.9 cm³/mol. The average molecular weight is 196 g/mol. The number of aliphatic imine (C=N–C) groups is 1. The van der Waals surface area contributed by atoms with Gasteiger partial charge in [0, 0.05) is 18.0 Å². The lowest BCUT2D eigenvalue weighted by atomic mass is 10.1. The van der Waals surface area contributed by atoms with Gasteiger partial charge in [-0.25, -0.2) is 0 Å². The molecule has 0 aliphatic carbocycles. The van der Waals surface area contributed by atoms with Gasteiger partial charge in [-0.15, -0.1) is 0 Å². The molecular weight excluding hydrogens is 172 g/mol. The maximum Gasteiger partial charge on any atom is 0.0386 e. The molecule has 2 nitrogen and oxygen atoms in total. The summed E-state index contributed by atoms with van der Waals surface area (Å²) in [6, 6.07) is 0. The first kappa shape index (κ1) is 13.4. The molecule has 0 rings (SSSR count). The van der Waals surface area contributed by atoms with Gasteiger partial charge in [0.15, 0.2) is 0 Å². The molecule has 0 spiro atoms. The summed E-state index contributed by atoms with van der Waals surface area (Å²) >= 11 is 0. The van der Waals surface area contributed by atoms with E-state index in [0.717, 1.165) is 13.1 Å².